The van der Waals surface area contributed by atoms with Crippen molar-refractivity contribution in [3.63, 3.8) is 0 Å². The van der Waals surface area contributed by atoms with Gasteiger partial charge in [0.2, 0.25) is 0 Å². The van der Waals surface area contributed by atoms with Gasteiger partial charge in [-0.15, -0.1) is 0 Å². The number of nitrogens with zero attached hydrogens (tertiary/aromatic N) is 3. The van der Waals surface area contributed by atoms with Gasteiger partial charge in [0.05, 0.1) is 28.8 Å². The first-order valence-electron chi connectivity index (χ1n) is 22.7. The SMILES string of the molecule is [2H]c1c([2H])c([2H])c(-c2nc(-c3c([2H])c([2H])c4c([2H])c([2H])c5oc6c([2H])c([2H])c([2H])c([2H])c6c5c4c3[2H])nc(-c3c([2H])c([2H])c([2H])c4oc5c([2H])c([2H])c([2H])c([2H])c5c34)n2)c([2H])c1[2H]. The van der Waals surface area contributed by atoms with Crippen LogP contribution in [0.2, 0.25) is 0 Å². The minimum atomic E-state index is -0.861. The molecule has 0 aliphatic carbocycles. The zero-order valence-electron chi connectivity index (χ0n) is 41.7. The summed E-state index contributed by atoms with van der Waals surface area (Å²) in [6, 6.07) is -15.8. The van der Waals surface area contributed by atoms with Crippen molar-refractivity contribution in [2.75, 3.05) is 0 Å². The second-order valence-corrected chi connectivity index (χ2v) is 8.83. The summed E-state index contributed by atoms with van der Waals surface area (Å²) >= 11 is 0. The largest absolute Gasteiger partial charge is 0.456 e. The van der Waals surface area contributed by atoms with Crippen LogP contribution in [0.3, 0.4) is 0 Å². The Hall–Kier alpha value is -5.81. The molecule has 0 amide bonds. The van der Waals surface area contributed by atoms with Crippen LogP contribution in [0.5, 0.6) is 0 Å². The molecule has 42 heavy (non-hydrogen) atoms. The fourth-order valence-electron chi connectivity index (χ4n) is 4.67. The monoisotopic (exact) mass is 560 g/mol. The average Bonchev–Trinajstić information content (AvgIpc) is 3.85. The van der Waals surface area contributed by atoms with E-state index in [4.69, 9.17) is 34.9 Å². The van der Waals surface area contributed by atoms with Gasteiger partial charge in [-0.2, -0.15) is 0 Å². The Morgan fingerprint density at radius 3 is 1.81 bits per heavy atom. The first-order chi connectivity index (χ1) is 29.5. The molecule has 0 fully saturated rings. The number of fused-ring (bicyclic) bond motifs is 8. The van der Waals surface area contributed by atoms with Gasteiger partial charge in [-0.05, 0) is 41.0 Å². The van der Waals surface area contributed by atoms with Crippen LogP contribution in [-0.2, 0) is 0 Å². The van der Waals surface area contributed by atoms with Crippen LogP contribution in [0, 0.1) is 0 Å². The third-order valence-electron chi connectivity index (χ3n) is 6.45. The van der Waals surface area contributed by atoms with Gasteiger partial charge >= 0.3 is 0 Å². The Morgan fingerprint density at radius 1 is 0.429 bits per heavy atom. The van der Waals surface area contributed by atoms with Crippen LogP contribution in [0.1, 0.15) is 28.8 Å². The highest BCUT2D eigenvalue weighted by Gasteiger charge is 2.18. The summed E-state index contributed by atoms with van der Waals surface area (Å²) in [5, 5.41) is -2.24. The van der Waals surface area contributed by atoms with E-state index in [2.05, 4.69) is 15.0 Å². The first-order valence-corrected chi connectivity index (χ1v) is 12.2. The number of furan rings is 2. The quantitative estimate of drug-likeness (QED) is 0.215. The van der Waals surface area contributed by atoms with Crippen molar-refractivity contribution in [2.45, 2.75) is 0 Å². The van der Waals surface area contributed by atoms with E-state index in [0.29, 0.717) is 0 Å². The minimum absolute atomic E-state index is 0.299. The molecule has 5 heteroatoms. The predicted molar refractivity (Wildman–Crippen MR) is 168 cm³/mol. The molecule has 0 atom stereocenters. The lowest BCUT2D eigenvalue weighted by atomic mass is 10.0. The summed E-state index contributed by atoms with van der Waals surface area (Å²) in [6.07, 6.45) is 0. The number of hydrogen-bond donors (Lipinski definition) is 0. The van der Waals surface area contributed by atoms with Crippen molar-refractivity contribution in [2.24, 2.45) is 0 Å². The molecule has 0 spiro atoms. The summed E-state index contributed by atoms with van der Waals surface area (Å²) < 4.78 is 193. The van der Waals surface area contributed by atoms with Crippen LogP contribution >= 0.6 is 0 Å². The van der Waals surface area contributed by atoms with E-state index in [1.807, 2.05) is 0 Å². The van der Waals surface area contributed by atoms with Crippen molar-refractivity contribution in [1.29, 1.82) is 0 Å². The fraction of sp³-hybridized carbons (Fsp3) is 0. The summed E-state index contributed by atoms with van der Waals surface area (Å²) in [6.45, 7) is 0. The van der Waals surface area contributed by atoms with Gasteiger partial charge in [0.25, 0.3) is 0 Å². The van der Waals surface area contributed by atoms with Crippen molar-refractivity contribution < 1.29 is 37.6 Å². The number of para-hydroxylation sites is 2. The Balaban J connectivity index is 1.51. The van der Waals surface area contributed by atoms with E-state index in [9.17, 15) is 2.74 Å². The third-order valence-corrected chi connectivity index (χ3v) is 6.45. The minimum Gasteiger partial charge on any atom is -0.456 e. The van der Waals surface area contributed by atoms with E-state index in [0.717, 1.165) is 0 Å². The average molecular weight is 561 g/mol. The third kappa shape index (κ3) is 3.47. The van der Waals surface area contributed by atoms with Crippen molar-refractivity contribution in [3.05, 3.63) is 127 Å². The molecule has 0 radical (unpaired) electrons. The molecule has 3 heterocycles. The molecule has 0 N–H and O–H groups in total. The van der Waals surface area contributed by atoms with Gasteiger partial charge in [-0.1, -0.05) is 96.7 Å². The molecule has 0 saturated carbocycles. The first kappa shape index (κ1) is 10.5. The maximum Gasteiger partial charge on any atom is 0.164 e. The summed E-state index contributed by atoms with van der Waals surface area (Å²) in [5.41, 5.74) is -3.74. The molecule has 3 aromatic heterocycles. The van der Waals surface area contributed by atoms with Gasteiger partial charge in [-0.3, -0.25) is 0 Å². The van der Waals surface area contributed by atoms with Gasteiger partial charge in [0.1, 0.15) is 22.3 Å². The number of aromatic nitrogens is 3. The molecule has 0 aliphatic heterocycles. The van der Waals surface area contributed by atoms with Gasteiger partial charge in [0, 0.05) is 38.2 Å². The molecule has 0 aliphatic rings. The van der Waals surface area contributed by atoms with Crippen molar-refractivity contribution in [1.82, 2.24) is 15.0 Å². The Labute approximate surface area is 269 Å². The van der Waals surface area contributed by atoms with Crippen LogP contribution in [0.25, 0.3) is 88.8 Å². The second-order valence-electron chi connectivity index (χ2n) is 8.83. The second kappa shape index (κ2) is 8.85. The molecular formula is C37H21N3O2. The zero-order valence-corrected chi connectivity index (χ0v) is 20.7. The standard InChI is InChI=1S/C37H21N3O2/c1-2-9-23(10-3-1)35-38-36(40-37(39-35)27-13-8-16-31-33(27)25-11-4-6-14-29(25)41-31)24-18-17-22-19-20-32-34(28(22)21-24)26-12-5-7-15-30(26)42-32/h1-21H/i1D,2D,3D,4D,5D,6D,7D,8D,9D,10D,11D,12D,13D,14D,15D,16D,17D,18D,19D,20D,21D. The van der Waals surface area contributed by atoms with E-state index < -0.39 is 194 Å². The zero-order chi connectivity index (χ0) is 45.9. The summed E-state index contributed by atoms with van der Waals surface area (Å²) in [4.78, 5) is 13.2. The highest BCUT2D eigenvalue weighted by Crippen LogP contribution is 2.38. The molecule has 5 nitrogen and oxygen atoms in total. The maximum absolute atomic E-state index is 9.61. The molecule has 9 rings (SSSR count). The lowest BCUT2D eigenvalue weighted by Crippen LogP contribution is -2.00. The summed E-state index contributed by atoms with van der Waals surface area (Å²) in [7, 11) is 0. The molecule has 0 saturated heterocycles. The van der Waals surface area contributed by atoms with Crippen LogP contribution in [0.15, 0.2) is 136 Å². The number of benzene rings is 6. The maximum atomic E-state index is 9.61. The van der Waals surface area contributed by atoms with Gasteiger partial charge in [0.15, 0.2) is 17.5 Å². The van der Waals surface area contributed by atoms with Crippen molar-refractivity contribution >= 4 is 54.6 Å². The Kier molecular flexibility index (Phi) is 2.22. The lowest BCUT2D eigenvalue weighted by molar-refractivity contribution is 0.668. The van der Waals surface area contributed by atoms with Gasteiger partial charge < -0.3 is 8.83 Å². The number of rotatable bonds is 3. The molecule has 196 valence electrons. The van der Waals surface area contributed by atoms with Crippen LogP contribution in [0.4, 0.5) is 0 Å². The van der Waals surface area contributed by atoms with E-state index in [1.165, 1.54) is 0 Å². The van der Waals surface area contributed by atoms with E-state index in [-0.39, 0.29) is 21.5 Å². The fourth-order valence-corrected chi connectivity index (χ4v) is 4.67. The Bertz CT molecular complexity index is 3630. The molecule has 0 bridgehead atoms. The van der Waals surface area contributed by atoms with E-state index in [1.54, 1.807) is 0 Å². The van der Waals surface area contributed by atoms with Crippen LogP contribution < -0.4 is 0 Å². The highest BCUT2D eigenvalue weighted by molar-refractivity contribution is 6.19. The summed E-state index contributed by atoms with van der Waals surface area (Å²) in [5.74, 6) is -2.20. The lowest BCUT2D eigenvalue weighted by Gasteiger charge is -2.10. The smallest absolute Gasteiger partial charge is 0.164 e. The van der Waals surface area contributed by atoms with Crippen LogP contribution in [-0.4, -0.2) is 15.0 Å². The predicted octanol–water partition coefficient (Wildman–Crippen LogP) is 9.82. The Morgan fingerprint density at radius 2 is 1.02 bits per heavy atom. The molecule has 9 aromatic rings. The number of hydrogen-bond acceptors (Lipinski definition) is 5. The topological polar surface area (TPSA) is 65.0 Å². The molecule has 6 aromatic carbocycles. The van der Waals surface area contributed by atoms with E-state index >= 15 is 0 Å². The van der Waals surface area contributed by atoms with Gasteiger partial charge in [-0.25, -0.2) is 15.0 Å². The highest BCUT2D eigenvalue weighted by atomic mass is 16.3. The van der Waals surface area contributed by atoms with Crippen molar-refractivity contribution in [3.8, 4) is 34.2 Å². The normalized spacial score (nSPS) is 18.8. The molecular weight excluding hydrogens is 518 g/mol. The molecule has 0 unspecified atom stereocenters.